The summed E-state index contributed by atoms with van der Waals surface area (Å²) in [7, 11) is 1.66. The SMILES string of the molecule is COCCN1C(=O)c2ccccc2C(C(=O)N2CCOCC2)C12CCCCC2. The minimum absolute atomic E-state index is 0.0422. The van der Waals surface area contributed by atoms with Gasteiger partial charge in [0.15, 0.2) is 0 Å². The lowest BCUT2D eigenvalue weighted by molar-refractivity contribution is -0.142. The summed E-state index contributed by atoms with van der Waals surface area (Å²) in [6, 6.07) is 7.69. The van der Waals surface area contributed by atoms with E-state index in [1.807, 2.05) is 34.1 Å². The molecule has 0 bridgehead atoms. The number of hydrogen-bond donors (Lipinski definition) is 0. The number of methoxy groups -OCH3 is 1. The van der Waals surface area contributed by atoms with Gasteiger partial charge in [0.2, 0.25) is 5.91 Å². The Labute approximate surface area is 166 Å². The van der Waals surface area contributed by atoms with Crippen molar-refractivity contribution in [1.29, 1.82) is 0 Å². The van der Waals surface area contributed by atoms with Crippen molar-refractivity contribution in [3.05, 3.63) is 35.4 Å². The molecule has 6 heteroatoms. The van der Waals surface area contributed by atoms with Crippen LogP contribution in [0, 0.1) is 0 Å². The lowest BCUT2D eigenvalue weighted by Crippen LogP contribution is -2.63. The monoisotopic (exact) mass is 386 g/mol. The van der Waals surface area contributed by atoms with Gasteiger partial charge in [0.1, 0.15) is 0 Å². The second-order valence-electron chi connectivity index (χ2n) is 8.07. The lowest BCUT2D eigenvalue weighted by Gasteiger charge is -2.54. The number of carbonyl (C=O) groups excluding carboxylic acids is 2. The van der Waals surface area contributed by atoms with E-state index in [9.17, 15) is 9.59 Å². The van der Waals surface area contributed by atoms with Crippen LogP contribution in [0.2, 0.25) is 0 Å². The second kappa shape index (κ2) is 8.21. The fraction of sp³-hybridized carbons (Fsp3) is 0.636. The maximum absolute atomic E-state index is 13.8. The summed E-state index contributed by atoms with van der Waals surface area (Å²) in [6.07, 6.45) is 5.00. The fourth-order valence-electron chi connectivity index (χ4n) is 5.29. The summed E-state index contributed by atoms with van der Waals surface area (Å²) >= 11 is 0. The second-order valence-corrected chi connectivity index (χ2v) is 8.07. The van der Waals surface area contributed by atoms with Gasteiger partial charge in [-0.3, -0.25) is 9.59 Å². The molecule has 2 heterocycles. The highest BCUT2D eigenvalue weighted by Crippen LogP contribution is 2.49. The summed E-state index contributed by atoms with van der Waals surface area (Å²) in [5.41, 5.74) is 1.12. The highest BCUT2D eigenvalue weighted by atomic mass is 16.5. The molecular formula is C22H30N2O4. The minimum atomic E-state index is -0.447. The average Bonchev–Trinajstić information content (AvgIpc) is 2.75. The van der Waals surface area contributed by atoms with Crippen LogP contribution in [0.1, 0.15) is 53.9 Å². The quantitative estimate of drug-likeness (QED) is 0.798. The zero-order valence-electron chi connectivity index (χ0n) is 16.7. The number of nitrogens with zero attached hydrogens (tertiary/aromatic N) is 2. The number of ether oxygens (including phenoxy) is 2. The molecule has 1 saturated heterocycles. The number of rotatable bonds is 4. The van der Waals surface area contributed by atoms with Gasteiger partial charge in [0, 0.05) is 32.3 Å². The Morgan fingerprint density at radius 1 is 1.18 bits per heavy atom. The first kappa shape index (κ1) is 19.4. The molecule has 2 amide bonds. The molecule has 3 aliphatic rings. The van der Waals surface area contributed by atoms with Gasteiger partial charge in [0.25, 0.3) is 5.91 Å². The first-order valence-corrected chi connectivity index (χ1v) is 10.5. The molecule has 0 aromatic heterocycles. The Hall–Kier alpha value is -1.92. The highest BCUT2D eigenvalue weighted by Gasteiger charge is 2.55. The van der Waals surface area contributed by atoms with Crippen LogP contribution in [0.3, 0.4) is 0 Å². The Morgan fingerprint density at radius 2 is 1.89 bits per heavy atom. The fourth-order valence-corrected chi connectivity index (χ4v) is 5.29. The molecule has 152 valence electrons. The third-order valence-electron chi connectivity index (χ3n) is 6.63. The van der Waals surface area contributed by atoms with Gasteiger partial charge >= 0.3 is 0 Å². The molecule has 4 rings (SSSR count). The van der Waals surface area contributed by atoms with Crippen molar-refractivity contribution in [2.45, 2.75) is 43.6 Å². The predicted octanol–water partition coefficient (Wildman–Crippen LogP) is 2.43. The Kier molecular flexibility index (Phi) is 5.69. The molecule has 1 saturated carbocycles. The summed E-state index contributed by atoms with van der Waals surface area (Å²) in [4.78, 5) is 31.2. The minimum Gasteiger partial charge on any atom is -0.383 e. The number of benzene rings is 1. The van der Waals surface area contributed by atoms with Crippen molar-refractivity contribution >= 4 is 11.8 Å². The van der Waals surface area contributed by atoms with Crippen molar-refractivity contribution in [3.63, 3.8) is 0 Å². The van der Waals surface area contributed by atoms with Gasteiger partial charge in [0.05, 0.1) is 31.3 Å². The van der Waals surface area contributed by atoms with E-state index in [0.29, 0.717) is 45.0 Å². The third kappa shape index (κ3) is 3.22. The molecule has 0 radical (unpaired) electrons. The standard InChI is InChI=1S/C22H30N2O4/c1-27-14-13-24-20(25)18-8-4-3-7-17(18)19(22(24)9-5-2-6-10-22)21(26)23-11-15-28-16-12-23/h3-4,7-8,19H,2,5-6,9-16H2,1H3. The highest BCUT2D eigenvalue weighted by molar-refractivity contribution is 6.02. The van der Waals surface area contributed by atoms with Crippen LogP contribution in [-0.4, -0.2) is 73.7 Å². The van der Waals surface area contributed by atoms with E-state index in [1.165, 1.54) is 0 Å². The largest absolute Gasteiger partial charge is 0.383 e. The molecule has 1 unspecified atom stereocenters. The van der Waals surface area contributed by atoms with Crippen molar-refractivity contribution in [2.24, 2.45) is 0 Å². The molecule has 0 N–H and O–H groups in total. The van der Waals surface area contributed by atoms with E-state index in [2.05, 4.69) is 0 Å². The van der Waals surface area contributed by atoms with Crippen LogP contribution in [0.25, 0.3) is 0 Å². The number of morpholine rings is 1. The molecule has 1 aromatic carbocycles. The van der Waals surface area contributed by atoms with Gasteiger partial charge in [-0.05, 0) is 24.5 Å². The van der Waals surface area contributed by atoms with Crippen molar-refractivity contribution in [3.8, 4) is 0 Å². The Bertz CT molecular complexity index is 723. The van der Waals surface area contributed by atoms with E-state index >= 15 is 0 Å². The van der Waals surface area contributed by atoms with Gasteiger partial charge in [-0.25, -0.2) is 0 Å². The van der Waals surface area contributed by atoms with Crippen LogP contribution >= 0.6 is 0 Å². The molecule has 2 fully saturated rings. The van der Waals surface area contributed by atoms with Crippen LogP contribution in [-0.2, 0) is 14.3 Å². The van der Waals surface area contributed by atoms with Crippen molar-refractivity contribution in [1.82, 2.24) is 9.80 Å². The third-order valence-corrected chi connectivity index (χ3v) is 6.63. The molecule has 1 aromatic rings. The van der Waals surface area contributed by atoms with Crippen LogP contribution in [0.5, 0.6) is 0 Å². The Morgan fingerprint density at radius 3 is 2.61 bits per heavy atom. The van der Waals surface area contributed by atoms with Gasteiger partial charge < -0.3 is 19.3 Å². The zero-order valence-corrected chi connectivity index (χ0v) is 16.7. The summed E-state index contributed by atoms with van der Waals surface area (Å²) in [6.45, 7) is 3.42. The maximum atomic E-state index is 13.8. The molecule has 2 aliphatic heterocycles. The lowest BCUT2D eigenvalue weighted by atomic mass is 9.65. The molecular weight excluding hydrogens is 356 g/mol. The topological polar surface area (TPSA) is 59.1 Å². The predicted molar refractivity (Wildman–Crippen MR) is 105 cm³/mol. The smallest absolute Gasteiger partial charge is 0.254 e. The number of fused-ring (bicyclic) bond motifs is 1. The van der Waals surface area contributed by atoms with Crippen molar-refractivity contribution < 1.29 is 19.1 Å². The average molecular weight is 386 g/mol. The normalized spacial score (nSPS) is 24.3. The molecule has 1 atom stereocenters. The first-order valence-electron chi connectivity index (χ1n) is 10.5. The van der Waals surface area contributed by atoms with E-state index in [0.717, 1.165) is 37.7 Å². The van der Waals surface area contributed by atoms with Gasteiger partial charge in [-0.1, -0.05) is 37.5 Å². The van der Waals surface area contributed by atoms with E-state index < -0.39 is 5.54 Å². The van der Waals surface area contributed by atoms with Crippen LogP contribution < -0.4 is 0 Å². The molecule has 1 spiro atoms. The number of hydrogen-bond acceptors (Lipinski definition) is 4. The summed E-state index contributed by atoms with van der Waals surface area (Å²) < 4.78 is 10.8. The summed E-state index contributed by atoms with van der Waals surface area (Å²) in [5, 5.41) is 0. The van der Waals surface area contributed by atoms with Crippen LogP contribution in [0.4, 0.5) is 0 Å². The van der Waals surface area contributed by atoms with E-state index in [1.54, 1.807) is 7.11 Å². The zero-order chi connectivity index (χ0) is 19.6. The number of amides is 2. The van der Waals surface area contributed by atoms with E-state index in [-0.39, 0.29) is 17.7 Å². The van der Waals surface area contributed by atoms with Gasteiger partial charge in [-0.15, -0.1) is 0 Å². The molecule has 1 aliphatic carbocycles. The summed E-state index contributed by atoms with van der Waals surface area (Å²) in [5.74, 6) is -0.121. The van der Waals surface area contributed by atoms with Crippen LogP contribution in [0.15, 0.2) is 24.3 Å². The molecule has 6 nitrogen and oxygen atoms in total. The van der Waals surface area contributed by atoms with Crippen molar-refractivity contribution in [2.75, 3.05) is 46.6 Å². The molecule has 28 heavy (non-hydrogen) atoms. The van der Waals surface area contributed by atoms with Gasteiger partial charge in [-0.2, -0.15) is 0 Å². The maximum Gasteiger partial charge on any atom is 0.254 e. The van der Waals surface area contributed by atoms with E-state index in [4.69, 9.17) is 9.47 Å². The number of carbonyl (C=O) groups is 2. The first-order chi connectivity index (χ1) is 13.7. The Balaban J connectivity index is 1.81.